The van der Waals surface area contributed by atoms with Crippen molar-refractivity contribution in [2.45, 2.75) is 19.8 Å². The summed E-state index contributed by atoms with van der Waals surface area (Å²) in [6, 6.07) is 4.11. The fraction of sp³-hybridized carbons (Fsp3) is 0.500. The molecule has 0 aromatic heterocycles. The van der Waals surface area contributed by atoms with E-state index in [9.17, 15) is 14.0 Å². The summed E-state index contributed by atoms with van der Waals surface area (Å²) in [5.41, 5.74) is 0.504. The van der Waals surface area contributed by atoms with Crippen LogP contribution < -0.4 is 10.2 Å². The Morgan fingerprint density at radius 2 is 2.09 bits per heavy atom. The van der Waals surface area contributed by atoms with E-state index in [4.69, 9.17) is 16.3 Å². The Balaban J connectivity index is 1.91. The first-order valence-electron chi connectivity index (χ1n) is 7.57. The van der Waals surface area contributed by atoms with Crippen LogP contribution in [0.4, 0.5) is 10.1 Å². The molecule has 2 rings (SSSR count). The van der Waals surface area contributed by atoms with Gasteiger partial charge in [0.2, 0.25) is 11.8 Å². The van der Waals surface area contributed by atoms with Crippen LogP contribution in [-0.2, 0) is 14.3 Å². The van der Waals surface area contributed by atoms with Crippen molar-refractivity contribution in [2.24, 2.45) is 5.92 Å². The number of ether oxygens (including phenoxy) is 1. The van der Waals surface area contributed by atoms with Gasteiger partial charge in [-0.2, -0.15) is 0 Å². The summed E-state index contributed by atoms with van der Waals surface area (Å²) in [5, 5.41) is 2.80. The first-order chi connectivity index (χ1) is 11.0. The summed E-state index contributed by atoms with van der Waals surface area (Å²) in [5.74, 6) is -0.788. The second kappa shape index (κ2) is 8.26. The van der Waals surface area contributed by atoms with E-state index in [0.29, 0.717) is 32.0 Å². The van der Waals surface area contributed by atoms with E-state index in [1.54, 1.807) is 0 Å². The molecule has 23 heavy (non-hydrogen) atoms. The summed E-state index contributed by atoms with van der Waals surface area (Å²) >= 11 is 5.75. The summed E-state index contributed by atoms with van der Waals surface area (Å²) in [7, 11) is 0. The van der Waals surface area contributed by atoms with Crippen molar-refractivity contribution >= 4 is 29.1 Å². The summed E-state index contributed by atoms with van der Waals surface area (Å²) in [6.07, 6.45) is 1.44. The van der Waals surface area contributed by atoms with Gasteiger partial charge in [-0.3, -0.25) is 9.59 Å². The Morgan fingerprint density at radius 1 is 1.39 bits per heavy atom. The van der Waals surface area contributed by atoms with Crippen LogP contribution in [0.5, 0.6) is 0 Å². The highest BCUT2D eigenvalue weighted by atomic mass is 35.5. The van der Waals surface area contributed by atoms with Crippen LogP contribution >= 0.6 is 11.6 Å². The molecule has 1 fully saturated rings. The monoisotopic (exact) mass is 342 g/mol. The third-order valence-corrected chi connectivity index (χ3v) is 4.11. The van der Waals surface area contributed by atoms with E-state index >= 15 is 0 Å². The molecule has 126 valence electrons. The number of anilines is 1. The minimum absolute atomic E-state index is 0.0195. The first kappa shape index (κ1) is 17.7. The molecule has 0 saturated carbocycles. The van der Waals surface area contributed by atoms with Crippen LogP contribution in [0.2, 0.25) is 5.02 Å². The molecule has 1 aliphatic rings. The average molecular weight is 343 g/mol. The zero-order valence-electron chi connectivity index (χ0n) is 13.0. The highest BCUT2D eigenvalue weighted by Gasteiger charge is 2.21. The van der Waals surface area contributed by atoms with Crippen LogP contribution in [0.25, 0.3) is 0 Å². The van der Waals surface area contributed by atoms with Crippen molar-refractivity contribution < 1.29 is 18.7 Å². The molecule has 1 aromatic carbocycles. The molecule has 1 aromatic rings. The maximum atomic E-state index is 13.2. The van der Waals surface area contributed by atoms with Crippen LogP contribution in [-0.4, -0.2) is 38.1 Å². The maximum Gasteiger partial charge on any atom is 0.223 e. The first-order valence-corrected chi connectivity index (χ1v) is 7.95. The van der Waals surface area contributed by atoms with Crippen molar-refractivity contribution in [1.82, 2.24) is 5.32 Å². The third kappa shape index (κ3) is 4.91. The molecular weight excluding hydrogens is 323 g/mol. The summed E-state index contributed by atoms with van der Waals surface area (Å²) in [4.78, 5) is 25.3. The lowest BCUT2D eigenvalue weighted by atomic mass is 9.99. The summed E-state index contributed by atoms with van der Waals surface area (Å²) < 4.78 is 18.5. The van der Waals surface area contributed by atoms with E-state index in [-0.39, 0.29) is 22.8 Å². The minimum Gasteiger partial charge on any atom is -0.381 e. The smallest absolute Gasteiger partial charge is 0.223 e. The second-order valence-electron chi connectivity index (χ2n) is 5.45. The largest absolute Gasteiger partial charge is 0.381 e. The minimum atomic E-state index is -0.535. The average Bonchev–Trinajstić information content (AvgIpc) is 2.54. The number of halogens is 2. The van der Waals surface area contributed by atoms with Crippen LogP contribution in [0, 0.1) is 11.7 Å². The van der Waals surface area contributed by atoms with Gasteiger partial charge in [0.15, 0.2) is 0 Å². The number of nitrogens with one attached hydrogen (secondary N) is 1. The van der Waals surface area contributed by atoms with Crippen molar-refractivity contribution in [3.63, 3.8) is 0 Å². The molecular formula is C16H20ClFN2O3. The predicted molar refractivity (Wildman–Crippen MR) is 86.0 cm³/mol. The predicted octanol–water partition coefficient (Wildman–Crippen LogP) is 2.37. The van der Waals surface area contributed by atoms with E-state index < -0.39 is 5.82 Å². The standard InChI is InChI=1S/C16H20ClFN2O3/c1-11(21)20(13-2-3-15(18)14(17)10-13)7-6-19-16(22)12-4-8-23-9-5-12/h2-3,10,12H,4-9H2,1H3,(H,19,22). The topological polar surface area (TPSA) is 58.6 Å². The highest BCUT2D eigenvalue weighted by molar-refractivity contribution is 6.31. The molecule has 1 heterocycles. The molecule has 0 spiro atoms. The Labute approximate surface area is 139 Å². The van der Waals surface area contributed by atoms with Gasteiger partial charge in [-0.25, -0.2) is 4.39 Å². The number of benzene rings is 1. The van der Waals surface area contributed by atoms with Crippen molar-refractivity contribution in [3.05, 3.63) is 29.0 Å². The van der Waals surface area contributed by atoms with Crippen molar-refractivity contribution in [3.8, 4) is 0 Å². The number of hydrogen-bond donors (Lipinski definition) is 1. The normalized spacial score (nSPS) is 15.3. The Kier molecular flexibility index (Phi) is 6.36. The lowest BCUT2D eigenvalue weighted by Gasteiger charge is -2.24. The number of carbonyl (C=O) groups is 2. The Morgan fingerprint density at radius 3 is 2.70 bits per heavy atom. The van der Waals surface area contributed by atoms with Gasteiger partial charge in [0.05, 0.1) is 5.02 Å². The quantitative estimate of drug-likeness (QED) is 0.893. The molecule has 1 aliphatic heterocycles. The zero-order chi connectivity index (χ0) is 16.8. The molecule has 0 radical (unpaired) electrons. The maximum absolute atomic E-state index is 13.2. The number of carbonyl (C=O) groups excluding carboxylic acids is 2. The third-order valence-electron chi connectivity index (χ3n) is 3.82. The van der Waals surface area contributed by atoms with Crippen LogP contribution in [0.15, 0.2) is 18.2 Å². The van der Waals surface area contributed by atoms with Gasteiger partial charge in [-0.05, 0) is 31.0 Å². The van der Waals surface area contributed by atoms with E-state index in [0.717, 1.165) is 12.8 Å². The van der Waals surface area contributed by atoms with Gasteiger partial charge in [-0.15, -0.1) is 0 Å². The van der Waals surface area contributed by atoms with Gasteiger partial charge in [0, 0.05) is 44.8 Å². The molecule has 0 bridgehead atoms. The molecule has 0 atom stereocenters. The highest BCUT2D eigenvalue weighted by Crippen LogP contribution is 2.22. The van der Waals surface area contributed by atoms with Crippen LogP contribution in [0.1, 0.15) is 19.8 Å². The molecule has 0 unspecified atom stereocenters. The number of rotatable bonds is 5. The zero-order valence-corrected chi connectivity index (χ0v) is 13.7. The van der Waals surface area contributed by atoms with Gasteiger partial charge < -0.3 is 15.0 Å². The van der Waals surface area contributed by atoms with Crippen LogP contribution in [0.3, 0.4) is 0 Å². The molecule has 5 nitrogen and oxygen atoms in total. The fourth-order valence-electron chi connectivity index (χ4n) is 2.52. The SMILES string of the molecule is CC(=O)N(CCNC(=O)C1CCOCC1)c1ccc(F)c(Cl)c1. The second-order valence-corrected chi connectivity index (χ2v) is 5.85. The molecule has 2 amide bonds. The van der Waals surface area contributed by atoms with E-state index in [1.807, 2.05) is 0 Å². The number of nitrogens with zero attached hydrogens (tertiary/aromatic N) is 1. The van der Waals surface area contributed by atoms with Gasteiger partial charge in [-0.1, -0.05) is 11.6 Å². The fourth-order valence-corrected chi connectivity index (χ4v) is 2.69. The van der Waals surface area contributed by atoms with Gasteiger partial charge in [0.1, 0.15) is 5.82 Å². The molecule has 1 saturated heterocycles. The van der Waals surface area contributed by atoms with E-state index in [1.165, 1.54) is 30.0 Å². The Bertz CT molecular complexity index is 576. The molecule has 1 N–H and O–H groups in total. The number of hydrogen-bond acceptors (Lipinski definition) is 3. The van der Waals surface area contributed by atoms with Gasteiger partial charge in [0.25, 0.3) is 0 Å². The molecule has 7 heteroatoms. The van der Waals surface area contributed by atoms with Crippen molar-refractivity contribution in [1.29, 1.82) is 0 Å². The van der Waals surface area contributed by atoms with E-state index in [2.05, 4.69) is 5.32 Å². The lowest BCUT2D eigenvalue weighted by molar-refractivity contribution is -0.127. The Hall–Kier alpha value is -1.66. The van der Waals surface area contributed by atoms with Gasteiger partial charge >= 0.3 is 0 Å². The molecule has 0 aliphatic carbocycles. The lowest BCUT2D eigenvalue weighted by Crippen LogP contribution is -2.40. The van der Waals surface area contributed by atoms with Crippen molar-refractivity contribution in [2.75, 3.05) is 31.2 Å². The summed E-state index contributed by atoms with van der Waals surface area (Å²) in [6.45, 7) is 3.24. The number of amides is 2.